The number of nitrogens with zero attached hydrogens (tertiary/aromatic N) is 1. The molecule has 0 aromatic heterocycles. The van der Waals surface area contributed by atoms with Gasteiger partial charge in [-0.05, 0) is 55.7 Å². The number of nitrogens with one attached hydrogen (secondary N) is 1. The van der Waals surface area contributed by atoms with Crippen molar-refractivity contribution in [3.63, 3.8) is 0 Å². The number of carbonyl (C=O) groups excluding carboxylic acids is 1. The molecule has 1 heterocycles. The van der Waals surface area contributed by atoms with Crippen LogP contribution in [0.2, 0.25) is 0 Å². The highest BCUT2D eigenvalue weighted by Gasteiger charge is 2.31. The molecule has 0 radical (unpaired) electrons. The molecule has 2 aromatic rings. The van der Waals surface area contributed by atoms with E-state index in [1.54, 1.807) is 36.1 Å². The molecule has 138 valence electrons. The van der Waals surface area contributed by atoms with Crippen LogP contribution in [0, 0.1) is 25.6 Å². The van der Waals surface area contributed by atoms with Gasteiger partial charge in [0.25, 0.3) is 0 Å². The zero-order chi connectivity index (χ0) is 18.9. The first-order chi connectivity index (χ1) is 12.3. The Balaban J connectivity index is 1.66. The van der Waals surface area contributed by atoms with Gasteiger partial charge in [-0.15, -0.1) is 0 Å². The lowest BCUT2D eigenvalue weighted by Gasteiger charge is -2.17. The van der Waals surface area contributed by atoms with E-state index in [-0.39, 0.29) is 35.5 Å². The molecular weight excluding hydrogens is 355 g/mol. The van der Waals surface area contributed by atoms with Crippen LogP contribution >= 0.6 is 0 Å². The highest BCUT2D eigenvalue weighted by Crippen LogP contribution is 2.25. The number of anilines is 1. The lowest BCUT2D eigenvalue weighted by atomic mass is 10.1. The van der Waals surface area contributed by atoms with Crippen molar-refractivity contribution in [3.8, 4) is 0 Å². The predicted octanol–water partition coefficient (Wildman–Crippen LogP) is 2.77. The summed E-state index contributed by atoms with van der Waals surface area (Å²) in [6.07, 6.45) is 0.257. The predicted molar refractivity (Wildman–Crippen MR) is 98.0 cm³/mol. The van der Waals surface area contributed by atoms with Gasteiger partial charge in [0.1, 0.15) is 5.82 Å². The number of hydrogen-bond donors (Lipinski definition) is 1. The van der Waals surface area contributed by atoms with Crippen LogP contribution in [0.25, 0.3) is 0 Å². The highest BCUT2D eigenvalue weighted by atomic mass is 32.2. The summed E-state index contributed by atoms with van der Waals surface area (Å²) >= 11 is 0. The molecule has 1 aliphatic heterocycles. The Bertz CT molecular complexity index is 926. The molecule has 1 atom stereocenters. The highest BCUT2D eigenvalue weighted by molar-refractivity contribution is 7.89. The molecule has 5 nitrogen and oxygen atoms in total. The fourth-order valence-electron chi connectivity index (χ4n) is 3.20. The summed E-state index contributed by atoms with van der Waals surface area (Å²) in [5.41, 5.74) is 2.31. The molecule has 0 unspecified atom stereocenters. The van der Waals surface area contributed by atoms with Gasteiger partial charge in [0.05, 0.1) is 4.90 Å². The number of halogens is 1. The van der Waals surface area contributed by atoms with Gasteiger partial charge in [-0.25, -0.2) is 17.5 Å². The molecule has 2 aromatic carbocycles. The van der Waals surface area contributed by atoms with Gasteiger partial charge in [-0.2, -0.15) is 0 Å². The lowest BCUT2D eigenvalue weighted by Crippen LogP contribution is -2.31. The Morgan fingerprint density at radius 1 is 1.15 bits per heavy atom. The average Bonchev–Trinajstić information content (AvgIpc) is 2.94. The van der Waals surface area contributed by atoms with Gasteiger partial charge in [0.2, 0.25) is 15.9 Å². The summed E-state index contributed by atoms with van der Waals surface area (Å²) in [5.74, 6) is -0.585. The monoisotopic (exact) mass is 376 g/mol. The van der Waals surface area contributed by atoms with Crippen LogP contribution in [0.15, 0.2) is 47.4 Å². The van der Waals surface area contributed by atoms with Gasteiger partial charge >= 0.3 is 0 Å². The molecule has 3 rings (SSSR count). The third kappa shape index (κ3) is 3.94. The van der Waals surface area contributed by atoms with E-state index in [4.69, 9.17) is 0 Å². The van der Waals surface area contributed by atoms with E-state index in [1.165, 1.54) is 12.1 Å². The maximum Gasteiger partial charge on any atom is 0.240 e. The molecule has 1 N–H and O–H groups in total. The Hall–Kier alpha value is -2.25. The van der Waals surface area contributed by atoms with Gasteiger partial charge in [0, 0.05) is 25.2 Å². The average molecular weight is 376 g/mol. The molecule has 0 bridgehead atoms. The fraction of sp³-hybridized carbons (Fsp3) is 0.316. The standard InChI is InChI=1S/C19H21FN2O3S/c1-13-3-8-18(14(2)9-13)26(24,25)21-11-15-10-19(23)22(12-15)17-6-4-16(20)5-7-17/h3-9,15,21H,10-12H2,1-2H3/t15-/m0/s1. The fourth-order valence-corrected chi connectivity index (χ4v) is 4.54. The molecule has 1 saturated heterocycles. The van der Waals surface area contributed by atoms with Crippen LogP contribution < -0.4 is 9.62 Å². The third-order valence-electron chi connectivity index (χ3n) is 4.53. The number of aryl methyl sites for hydroxylation is 2. The smallest absolute Gasteiger partial charge is 0.240 e. The third-order valence-corrected chi connectivity index (χ3v) is 6.11. The Morgan fingerprint density at radius 2 is 1.85 bits per heavy atom. The SMILES string of the molecule is Cc1ccc(S(=O)(=O)NC[C@@H]2CC(=O)N(c3ccc(F)cc3)C2)c(C)c1. The van der Waals surface area contributed by atoms with E-state index in [0.717, 1.165) is 5.56 Å². The Labute approximate surface area is 152 Å². The minimum Gasteiger partial charge on any atom is -0.312 e. The number of carbonyl (C=O) groups is 1. The second kappa shape index (κ2) is 7.17. The van der Waals surface area contributed by atoms with Crippen molar-refractivity contribution in [2.75, 3.05) is 18.0 Å². The number of benzene rings is 2. The summed E-state index contributed by atoms with van der Waals surface area (Å²) in [4.78, 5) is 14.0. The van der Waals surface area contributed by atoms with E-state index in [1.807, 2.05) is 13.0 Å². The van der Waals surface area contributed by atoms with Crippen molar-refractivity contribution >= 4 is 21.6 Å². The minimum absolute atomic E-state index is 0.0904. The first-order valence-corrected chi connectivity index (χ1v) is 9.87. The van der Waals surface area contributed by atoms with E-state index < -0.39 is 10.0 Å². The molecule has 0 saturated carbocycles. The number of sulfonamides is 1. The summed E-state index contributed by atoms with van der Waals surface area (Å²) in [6, 6.07) is 10.9. The van der Waals surface area contributed by atoms with Crippen LogP contribution in [-0.2, 0) is 14.8 Å². The van der Waals surface area contributed by atoms with Crippen molar-refractivity contribution in [3.05, 3.63) is 59.4 Å². The van der Waals surface area contributed by atoms with Crippen molar-refractivity contribution in [1.29, 1.82) is 0 Å². The van der Waals surface area contributed by atoms with Gasteiger partial charge < -0.3 is 4.90 Å². The van der Waals surface area contributed by atoms with Gasteiger partial charge in [0.15, 0.2) is 0 Å². The maximum absolute atomic E-state index is 13.0. The largest absolute Gasteiger partial charge is 0.312 e. The summed E-state index contributed by atoms with van der Waals surface area (Å²) in [6.45, 7) is 4.25. The van der Waals surface area contributed by atoms with Crippen LogP contribution in [-0.4, -0.2) is 27.4 Å². The minimum atomic E-state index is -3.63. The molecule has 1 amide bonds. The van der Waals surface area contributed by atoms with E-state index in [0.29, 0.717) is 17.8 Å². The van der Waals surface area contributed by atoms with E-state index >= 15 is 0 Å². The number of amides is 1. The van der Waals surface area contributed by atoms with Crippen molar-refractivity contribution < 1.29 is 17.6 Å². The Kier molecular flexibility index (Phi) is 5.11. The van der Waals surface area contributed by atoms with Crippen molar-refractivity contribution in [2.45, 2.75) is 25.2 Å². The summed E-state index contributed by atoms with van der Waals surface area (Å²) in [7, 11) is -3.63. The van der Waals surface area contributed by atoms with Crippen LogP contribution in [0.3, 0.4) is 0 Å². The van der Waals surface area contributed by atoms with Crippen molar-refractivity contribution in [1.82, 2.24) is 4.72 Å². The van der Waals surface area contributed by atoms with Crippen molar-refractivity contribution in [2.24, 2.45) is 5.92 Å². The molecule has 1 fully saturated rings. The Morgan fingerprint density at radius 3 is 2.50 bits per heavy atom. The molecule has 26 heavy (non-hydrogen) atoms. The van der Waals surface area contributed by atoms with Gasteiger partial charge in [-0.1, -0.05) is 17.7 Å². The van der Waals surface area contributed by atoms with E-state index in [9.17, 15) is 17.6 Å². The number of rotatable bonds is 5. The zero-order valence-electron chi connectivity index (χ0n) is 14.7. The first kappa shape index (κ1) is 18.5. The van der Waals surface area contributed by atoms with Crippen LogP contribution in [0.4, 0.5) is 10.1 Å². The molecular formula is C19H21FN2O3S. The first-order valence-electron chi connectivity index (χ1n) is 8.39. The van der Waals surface area contributed by atoms with Gasteiger partial charge in [-0.3, -0.25) is 4.79 Å². The summed E-state index contributed by atoms with van der Waals surface area (Å²) < 4.78 is 40.7. The second-order valence-electron chi connectivity index (χ2n) is 6.67. The van der Waals surface area contributed by atoms with E-state index in [2.05, 4.69) is 4.72 Å². The second-order valence-corrected chi connectivity index (χ2v) is 8.41. The molecule has 0 spiro atoms. The molecule has 7 heteroatoms. The van der Waals surface area contributed by atoms with Crippen LogP contribution in [0.1, 0.15) is 17.5 Å². The number of hydrogen-bond acceptors (Lipinski definition) is 3. The normalized spacial score (nSPS) is 17.7. The molecule has 1 aliphatic rings. The quantitative estimate of drug-likeness (QED) is 0.873. The van der Waals surface area contributed by atoms with Crippen LogP contribution in [0.5, 0.6) is 0 Å². The lowest BCUT2D eigenvalue weighted by molar-refractivity contribution is -0.117. The summed E-state index contributed by atoms with van der Waals surface area (Å²) in [5, 5.41) is 0. The zero-order valence-corrected chi connectivity index (χ0v) is 15.5. The molecule has 0 aliphatic carbocycles. The topological polar surface area (TPSA) is 66.5 Å². The maximum atomic E-state index is 13.0.